The van der Waals surface area contributed by atoms with E-state index in [1.54, 1.807) is 30.7 Å². The molecule has 0 aliphatic heterocycles. The quantitative estimate of drug-likeness (QED) is 0.295. The summed E-state index contributed by atoms with van der Waals surface area (Å²) in [7, 11) is 1.80. The van der Waals surface area contributed by atoms with E-state index in [-0.39, 0.29) is 11.6 Å². The third-order valence-electron chi connectivity index (χ3n) is 4.37. The highest BCUT2D eigenvalue weighted by molar-refractivity contribution is 8.00. The van der Waals surface area contributed by atoms with Gasteiger partial charge in [-0.25, -0.2) is 0 Å². The molecule has 1 N–H and O–H groups in total. The number of aromatic nitrogens is 3. The van der Waals surface area contributed by atoms with Gasteiger partial charge in [-0.15, -0.1) is 10.2 Å². The molecule has 0 saturated carbocycles. The summed E-state index contributed by atoms with van der Waals surface area (Å²) in [6.07, 6.45) is -0.406. The highest BCUT2D eigenvalue weighted by Gasteiger charge is 2.22. The van der Waals surface area contributed by atoms with Crippen LogP contribution in [0.2, 0.25) is 5.02 Å². The van der Waals surface area contributed by atoms with Gasteiger partial charge in [0.25, 0.3) is 5.69 Å². The Bertz CT molecular complexity index is 1090. The number of halogens is 1. The van der Waals surface area contributed by atoms with Crippen molar-refractivity contribution in [2.75, 3.05) is 5.32 Å². The SMILES string of the molecule is CC(Sc1nnc(C(C)Oc2ccccc2Cl)n1C)C(=O)Nc1ccc([N+](=O)[O-])cc1. The molecule has 0 aliphatic carbocycles. The highest BCUT2D eigenvalue weighted by atomic mass is 35.5. The fraction of sp³-hybridized carbons (Fsp3) is 0.250. The largest absolute Gasteiger partial charge is 0.481 e. The van der Waals surface area contributed by atoms with E-state index >= 15 is 0 Å². The van der Waals surface area contributed by atoms with Gasteiger partial charge in [-0.05, 0) is 38.1 Å². The number of nitrogens with one attached hydrogen (secondary N) is 1. The molecule has 3 aromatic rings. The number of nitrogens with zero attached hydrogens (tertiary/aromatic N) is 4. The summed E-state index contributed by atoms with van der Waals surface area (Å²) in [5.41, 5.74) is 0.434. The van der Waals surface area contributed by atoms with Crippen molar-refractivity contribution in [2.45, 2.75) is 30.4 Å². The van der Waals surface area contributed by atoms with Gasteiger partial charge < -0.3 is 14.6 Å². The minimum atomic E-state index is -0.494. The number of amides is 1. The summed E-state index contributed by atoms with van der Waals surface area (Å²) in [6.45, 7) is 3.58. The number of hydrogen-bond donors (Lipinski definition) is 1. The normalized spacial score (nSPS) is 12.8. The molecule has 9 nitrogen and oxygen atoms in total. The third-order valence-corrected chi connectivity index (χ3v) is 5.82. The third kappa shape index (κ3) is 5.53. The van der Waals surface area contributed by atoms with Crippen LogP contribution in [-0.2, 0) is 11.8 Å². The summed E-state index contributed by atoms with van der Waals surface area (Å²) in [5, 5.41) is 22.4. The van der Waals surface area contributed by atoms with Crippen LogP contribution in [0.3, 0.4) is 0 Å². The zero-order valence-electron chi connectivity index (χ0n) is 17.0. The van der Waals surface area contributed by atoms with Crippen LogP contribution in [-0.4, -0.2) is 30.8 Å². The number of hydrogen-bond acceptors (Lipinski definition) is 7. The Hall–Kier alpha value is -3.11. The molecule has 31 heavy (non-hydrogen) atoms. The molecular weight excluding hydrogens is 442 g/mol. The average molecular weight is 462 g/mol. The van der Waals surface area contributed by atoms with Crippen molar-refractivity contribution in [2.24, 2.45) is 7.05 Å². The lowest BCUT2D eigenvalue weighted by molar-refractivity contribution is -0.384. The lowest BCUT2D eigenvalue weighted by Crippen LogP contribution is -2.23. The predicted molar refractivity (Wildman–Crippen MR) is 119 cm³/mol. The zero-order chi connectivity index (χ0) is 22.5. The van der Waals surface area contributed by atoms with E-state index in [2.05, 4.69) is 15.5 Å². The first-order chi connectivity index (χ1) is 14.8. The molecule has 0 saturated heterocycles. The highest BCUT2D eigenvalue weighted by Crippen LogP contribution is 2.30. The Balaban J connectivity index is 1.63. The van der Waals surface area contributed by atoms with Gasteiger partial charge in [0.1, 0.15) is 5.75 Å². The van der Waals surface area contributed by atoms with Crippen molar-refractivity contribution in [1.29, 1.82) is 0 Å². The molecule has 0 fully saturated rings. The molecule has 1 amide bonds. The Morgan fingerprint density at radius 1 is 1.19 bits per heavy atom. The lowest BCUT2D eigenvalue weighted by atomic mass is 10.3. The fourth-order valence-electron chi connectivity index (χ4n) is 2.69. The molecule has 2 unspecified atom stereocenters. The van der Waals surface area contributed by atoms with Crippen LogP contribution in [0.15, 0.2) is 53.7 Å². The molecule has 0 spiro atoms. The van der Waals surface area contributed by atoms with Gasteiger partial charge in [-0.3, -0.25) is 14.9 Å². The number of rotatable bonds is 8. The maximum atomic E-state index is 12.5. The maximum absolute atomic E-state index is 12.5. The van der Waals surface area contributed by atoms with E-state index in [9.17, 15) is 14.9 Å². The first-order valence-corrected chi connectivity index (χ1v) is 10.5. The summed E-state index contributed by atoms with van der Waals surface area (Å²) in [6, 6.07) is 12.8. The number of ether oxygens (including phenoxy) is 1. The molecule has 162 valence electrons. The molecule has 0 aliphatic rings. The van der Waals surface area contributed by atoms with Gasteiger partial charge in [-0.1, -0.05) is 35.5 Å². The number of carbonyl (C=O) groups excluding carboxylic acids is 1. The van der Waals surface area contributed by atoms with Crippen molar-refractivity contribution in [3.8, 4) is 5.75 Å². The van der Waals surface area contributed by atoms with Crippen LogP contribution < -0.4 is 10.1 Å². The van der Waals surface area contributed by atoms with Crippen molar-refractivity contribution < 1.29 is 14.5 Å². The minimum Gasteiger partial charge on any atom is -0.481 e. The Kier molecular flexibility index (Phi) is 7.13. The van der Waals surface area contributed by atoms with Crippen molar-refractivity contribution in [3.05, 3.63) is 69.5 Å². The van der Waals surface area contributed by atoms with Crippen LogP contribution >= 0.6 is 23.4 Å². The first kappa shape index (κ1) is 22.6. The van der Waals surface area contributed by atoms with Gasteiger partial charge in [-0.2, -0.15) is 0 Å². The van der Waals surface area contributed by atoms with Gasteiger partial charge >= 0.3 is 0 Å². The Morgan fingerprint density at radius 3 is 2.52 bits per heavy atom. The van der Waals surface area contributed by atoms with E-state index < -0.39 is 16.3 Å². The van der Waals surface area contributed by atoms with Crippen LogP contribution in [0, 0.1) is 10.1 Å². The van der Waals surface area contributed by atoms with Gasteiger partial charge in [0.2, 0.25) is 5.91 Å². The zero-order valence-corrected chi connectivity index (χ0v) is 18.6. The predicted octanol–water partition coefficient (Wildman–Crippen LogP) is 4.64. The lowest BCUT2D eigenvalue weighted by Gasteiger charge is -2.15. The number of benzene rings is 2. The summed E-state index contributed by atoms with van der Waals surface area (Å²) in [5.74, 6) is 0.874. The average Bonchev–Trinajstić information content (AvgIpc) is 3.10. The van der Waals surface area contributed by atoms with Crippen LogP contribution in [0.1, 0.15) is 25.8 Å². The number of nitro benzene ring substituents is 1. The molecule has 1 heterocycles. The molecule has 0 bridgehead atoms. The molecule has 2 atom stereocenters. The van der Waals surface area contributed by atoms with Gasteiger partial charge in [0.05, 0.1) is 15.2 Å². The number of non-ortho nitro benzene ring substituents is 1. The molecular formula is C20H20ClN5O4S. The van der Waals surface area contributed by atoms with E-state index in [1.165, 1.54) is 36.0 Å². The van der Waals surface area contributed by atoms with E-state index in [4.69, 9.17) is 16.3 Å². The molecule has 11 heteroatoms. The summed E-state index contributed by atoms with van der Waals surface area (Å²) >= 11 is 7.39. The van der Waals surface area contributed by atoms with Gasteiger partial charge in [0.15, 0.2) is 17.1 Å². The van der Waals surface area contributed by atoms with E-state index in [1.807, 2.05) is 19.1 Å². The number of thioether (sulfide) groups is 1. The molecule has 2 aromatic carbocycles. The Morgan fingerprint density at radius 2 is 1.87 bits per heavy atom. The van der Waals surface area contributed by atoms with Gasteiger partial charge in [0, 0.05) is 24.9 Å². The topological polar surface area (TPSA) is 112 Å². The smallest absolute Gasteiger partial charge is 0.269 e. The second-order valence-corrected chi connectivity index (χ2v) is 8.36. The molecule has 1 aromatic heterocycles. The van der Waals surface area contributed by atoms with Crippen molar-refractivity contribution in [1.82, 2.24) is 14.8 Å². The van der Waals surface area contributed by atoms with Crippen LogP contribution in [0.25, 0.3) is 0 Å². The molecule has 3 rings (SSSR count). The van der Waals surface area contributed by atoms with Crippen LogP contribution in [0.5, 0.6) is 5.75 Å². The minimum absolute atomic E-state index is 0.0415. The Labute approximate surface area is 187 Å². The van der Waals surface area contributed by atoms with Crippen LogP contribution in [0.4, 0.5) is 11.4 Å². The molecule has 0 radical (unpaired) electrons. The maximum Gasteiger partial charge on any atom is 0.269 e. The second kappa shape index (κ2) is 9.80. The standard InChI is InChI=1S/C20H20ClN5O4S/c1-12(30-17-7-5-4-6-16(17)21)18-23-24-20(25(18)3)31-13(2)19(27)22-14-8-10-15(11-9-14)26(28)29/h4-13H,1-3H3,(H,22,27). The number of para-hydroxylation sites is 1. The first-order valence-electron chi connectivity index (χ1n) is 9.28. The fourth-order valence-corrected chi connectivity index (χ4v) is 3.69. The van der Waals surface area contributed by atoms with E-state index in [0.717, 1.165) is 0 Å². The number of carbonyl (C=O) groups is 1. The van der Waals surface area contributed by atoms with Crippen molar-refractivity contribution >= 4 is 40.6 Å². The second-order valence-electron chi connectivity index (χ2n) is 6.64. The van der Waals surface area contributed by atoms with Crippen molar-refractivity contribution in [3.63, 3.8) is 0 Å². The summed E-state index contributed by atoms with van der Waals surface area (Å²) in [4.78, 5) is 22.7. The number of anilines is 1. The number of nitro groups is 1. The van der Waals surface area contributed by atoms with E-state index in [0.29, 0.717) is 27.4 Å². The monoisotopic (exact) mass is 461 g/mol. The summed E-state index contributed by atoms with van der Waals surface area (Å²) < 4.78 is 7.66.